The maximum atomic E-state index is 13.1. The Bertz CT molecular complexity index is 877. The Balaban J connectivity index is 2.00. The van der Waals surface area contributed by atoms with Crippen LogP contribution in [0.15, 0.2) is 36.4 Å². The molecule has 0 saturated heterocycles. The van der Waals surface area contributed by atoms with Gasteiger partial charge in [-0.1, -0.05) is 31.5 Å². The molecule has 5 nitrogen and oxygen atoms in total. The molecule has 0 fully saturated rings. The highest BCUT2D eigenvalue weighted by atomic mass is 16.5. The Labute approximate surface area is 180 Å². The molecule has 5 heteroatoms. The summed E-state index contributed by atoms with van der Waals surface area (Å²) < 4.78 is 11.1. The van der Waals surface area contributed by atoms with Crippen molar-refractivity contribution in [2.24, 2.45) is 5.92 Å². The highest BCUT2D eigenvalue weighted by molar-refractivity contribution is 5.94. The van der Waals surface area contributed by atoms with Gasteiger partial charge in [0.1, 0.15) is 6.04 Å². The normalized spacial score (nSPS) is 19.2. The van der Waals surface area contributed by atoms with Crippen molar-refractivity contribution in [3.05, 3.63) is 58.7 Å². The summed E-state index contributed by atoms with van der Waals surface area (Å²) in [7, 11) is 3.35. The first kappa shape index (κ1) is 22.2. The lowest BCUT2D eigenvalue weighted by molar-refractivity contribution is -0.934. The van der Waals surface area contributed by atoms with Gasteiger partial charge in [-0.2, -0.15) is 0 Å². The van der Waals surface area contributed by atoms with Crippen LogP contribution in [0.2, 0.25) is 0 Å². The zero-order valence-corrected chi connectivity index (χ0v) is 19.0. The highest BCUT2D eigenvalue weighted by Crippen LogP contribution is 2.36. The van der Waals surface area contributed by atoms with Gasteiger partial charge in [-0.15, -0.1) is 0 Å². The largest absolute Gasteiger partial charge is 0.493 e. The fraction of sp³-hybridized carbons (Fsp3) is 0.480. The van der Waals surface area contributed by atoms with Gasteiger partial charge in [-0.3, -0.25) is 4.79 Å². The van der Waals surface area contributed by atoms with Crippen LogP contribution in [0.1, 0.15) is 53.9 Å². The van der Waals surface area contributed by atoms with Crippen molar-refractivity contribution in [2.75, 3.05) is 27.3 Å². The van der Waals surface area contributed by atoms with E-state index >= 15 is 0 Å². The maximum Gasteiger partial charge on any atom is 0.251 e. The zero-order chi connectivity index (χ0) is 21.8. The molecule has 2 N–H and O–H groups in total. The van der Waals surface area contributed by atoms with E-state index in [4.69, 9.17) is 9.47 Å². The maximum absolute atomic E-state index is 13.1. The van der Waals surface area contributed by atoms with Gasteiger partial charge in [0.2, 0.25) is 0 Å². The van der Waals surface area contributed by atoms with E-state index in [1.807, 2.05) is 31.2 Å². The third-order valence-corrected chi connectivity index (χ3v) is 6.28. The fourth-order valence-corrected chi connectivity index (χ4v) is 4.53. The third-order valence-electron chi connectivity index (χ3n) is 6.28. The molecule has 0 bridgehead atoms. The molecule has 1 aliphatic rings. The lowest BCUT2D eigenvalue weighted by Crippen LogP contribution is -3.14. The molecule has 0 spiro atoms. The number of amides is 1. The molecule has 2 aromatic carbocycles. The van der Waals surface area contributed by atoms with Crippen molar-refractivity contribution in [2.45, 2.75) is 46.2 Å². The van der Waals surface area contributed by atoms with Gasteiger partial charge in [0.05, 0.1) is 33.4 Å². The predicted octanol–water partition coefficient (Wildman–Crippen LogP) is 2.97. The van der Waals surface area contributed by atoms with Crippen LogP contribution in [-0.4, -0.2) is 39.3 Å². The van der Waals surface area contributed by atoms with E-state index in [0.29, 0.717) is 5.56 Å². The molecule has 1 unspecified atom stereocenters. The number of rotatable bonds is 7. The molecule has 30 heavy (non-hydrogen) atoms. The quantitative estimate of drug-likeness (QED) is 0.737. The van der Waals surface area contributed by atoms with Crippen molar-refractivity contribution in [3.8, 4) is 11.5 Å². The van der Waals surface area contributed by atoms with Crippen molar-refractivity contribution in [3.63, 3.8) is 0 Å². The van der Waals surface area contributed by atoms with E-state index in [1.165, 1.54) is 16.0 Å². The second-order valence-electron chi connectivity index (χ2n) is 8.50. The van der Waals surface area contributed by atoms with Gasteiger partial charge in [-0.05, 0) is 49.6 Å². The minimum Gasteiger partial charge on any atom is -0.493 e. The minimum absolute atomic E-state index is 0.00547. The smallest absolute Gasteiger partial charge is 0.251 e. The Morgan fingerprint density at radius 1 is 1.13 bits per heavy atom. The number of carbonyl (C=O) groups is 1. The number of likely N-dealkylation sites (N-methyl/N-ethyl adjacent to an activating group) is 1. The lowest BCUT2D eigenvalue weighted by Gasteiger charge is -2.40. The highest BCUT2D eigenvalue weighted by Gasteiger charge is 2.39. The SMILES string of the molecule is CC[NH+]1CCc2cc(OC)c(OC)cc2[C@@H]1[C@H](NC(=O)c1ccc(C)cc1)C(C)C. The first-order valence-corrected chi connectivity index (χ1v) is 10.9. The molecule has 1 heterocycles. The van der Waals surface area contributed by atoms with Gasteiger partial charge >= 0.3 is 0 Å². The summed E-state index contributed by atoms with van der Waals surface area (Å²) in [5.74, 6) is 1.77. The average Bonchev–Trinajstić information content (AvgIpc) is 2.75. The van der Waals surface area contributed by atoms with Crippen LogP contribution in [0.5, 0.6) is 11.5 Å². The molecule has 1 aliphatic heterocycles. The fourth-order valence-electron chi connectivity index (χ4n) is 4.53. The molecule has 0 saturated carbocycles. The number of fused-ring (bicyclic) bond motifs is 1. The minimum atomic E-state index is -0.0169. The van der Waals surface area contributed by atoms with Crippen LogP contribution in [0, 0.1) is 12.8 Å². The number of methoxy groups -OCH3 is 2. The van der Waals surface area contributed by atoms with E-state index in [1.54, 1.807) is 14.2 Å². The first-order valence-electron chi connectivity index (χ1n) is 10.9. The van der Waals surface area contributed by atoms with E-state index in [0.717, 1.165) is 36.6 Å². The number of quaternary nitrogens is 1. The molecule has 3 atom stereocenters. The van der Waals surface area contributed by atoms with Crippen LogP contribution in [0.3, 0.4) is 0 Å². The standard InChI is InChI=1S/C25H34N2O3/c1-7-27-13-12-19-14-21(29-5)22(30-6)15-20(19)24(27)23(16(2)3)26-25(28)18-10-8-17(4)9-11-18/h8-11,14-16,23-24H,7,12-13H2,1-6H3,(H,26,28)/p+1/t23-,24-/m1/s1. The number of aryl methyl sites for hydroxylation is 1. The molecular weight excluding hydrogens is 376 g/mol. The number of ether oxygens (including phenoxy) is 2. The number of carbonyl (C=O) groups excluding carboxylic acids is 1. The summed E-state index contributed by atoms with van der Waals surface area (Å²) in [6, 6.07) is 12.1. The number of hydrogen-bond donors (Lipinski definition) is 2. The summed E-state index contributed by atoms with van der Waals surface area (Å²) in [6.45, 7) is 10.6. The first-order chi connectivity index (χ1) is 14.4. The Morgan fingerprint density at radius 2 is 1.77 bits per heavy atom. The van der Waals surface area contributed by atoms with Crippen molar-refractivity contribution < 1.29 is 19.2 Å². The van der Waals surface area contributed by atoms with Crippen molar-refractivity contribution in [1.82, 2.24) is 5.32 Å². The van der Waals surface area contributed by atoms with E-state index in [9.17, 15) is 4.79 Å². The topological polar surface area (TPSA) is 52.0 Å². The summed E-state index contributed by atoms with van der Waals surface area (Å²) in [6.07, 6.45) is 0.992. The molecule has 3 rings (SSSR count). The second kappa shape index (κ2) is 9.52. The van der Waals surface area contributed by atoms with E-state index in [2.05, 4.69) is 38.2 Å². The van der Waals surface area contributed by atoms with Crippen LogP contribution < -0.4 is 19.7 Å². The van der Waals surface area contributed by atoms with Gasteiger partial charge in [-0.25, -0.2) is 0 Å². The number of nitrogens with one attached hydrogen (secondary N) is 2. The van der Waals surface area contributed by atoms with E-state index < -0.39 is 0 Å². The van der Waals surface area contributed by atoms with Crippen LogP contribution in [0.25, 0.3) is 0 Å². The summed E-state index contributed by atoms with van der Waals surface area (Å²) in [5.41, 5.74) is 4.38. The molecule has 1 amide bonds. The van der Waals surface area contributed by atoms with Crippen LogP contribution in [0.4, 0.5) is 0 Å². The summed E-state index contributed by atoms with van der Waals surface area (Å²) in [5, 5.41) is 3.36. The lowest BCUT2D eigenvalue weighted by atomic mass is 9.83. The van der Waals surface area contributed by atoms with Crippen LogP contribution >= 0.6 is 0 Å². The molecule has 0 aromatic heterocycles. The number of benzene rings is 2. The monoisotopic (exact) mass is 411 g/mol. The van der Waals surface area contributed by atoms with Crippen molar-refractivity contribution >= 4 is 5.91 Å². The number of hydrogen-bond acceptors (Lipinski definition) is 3. The molecule has 0 radical (unpaired) electrons. The van der Waals surface area contributed by atoms with Crippen LogP contribution in [-0.2, 0) is 6.42 Å². The van der Waals surface area contributed by atoms with Crippen molar-refractivity contribution in [1.29, 1.82) is 0 Å². The van der Waals surface area contributed by atoms with Gasteiger partial charge < -0.3 is 19.7 Å². The van der Waals surface area contributed by atoms with Gasteiger partial charge in [0.25, 0.3) is 5.91 Å². The van der Waals surface area contributed by atoms with Gasteiger partial charge in [0.15, 0.2) is 11.5 Å². The molecular formula is C25H35N2O3+. The molecule has 0 aliphatic carbocycles. The van der Waals surface area contributed by atoms with Gasteiger partial charge in [0, 0.05) is 17.5 Å². The molecule has 2 aromatic rings. The molecule has 162 valence electrons. The summed E-state index contributed by atoms with van der Waals surface area (Å²) >= 11 is 0. The van der Waals surface area contributed by atoms with E-state index in [-0.39, 0.29) is 23.9 Å². The predicted molar refractivity (Wildman–Crippen MR) is 120 cm³/mol. The Morgan fingerprint density at radius 3 is 2.33 bits per heavy atom. The second-order valence-corrected chi connectivity index (χ2v) is 8.50. The summed E-state index contributed by atoms with van der Waals surface area (Å²) in [4.78, 5) is 14.6. The Hall–Kier alpha value is -2.53. The third kappa shape index (κ3) is 4.46. The Kier molecular flexibility index (Phi) is 7.03. The zero-order valence-electron chi connectivity index (χ0n) is 19.0. The average molecular weight is 412 g/mol.